The van der Waals surface area contributed by atoms with Gasteiger partial charge in [0, 0.05) is 28.6 Å². The van der Waals surface area contributed by atoms with Crippen LogP contribution in [0.5, 0.6) is 0 Å². The van der Waals surface area contributed by atoms with Gasteiger partial charge in [-0.3, -0.25) is 14.9 Å². The van der Waals surface area contributed by atoms with Crippen molar-refractivity contribution < 1.29 is 9.72 Å². The maximum atomic E-state index is 11.2. The van der Waals surface area contributed by atoms with E-state index >= 15 is 0 Å². The van der Waals surface area contributed by atoms with E-state index in [4.69, 9.17) is 0 Å². The summed E-state index contributed by atoms with van der Waals surface area (Å²) in [4.78, 5) is 25.9. The molecule has 0 aliphatic carbocycles. The lowest BCUT2D eigenvalue weighted by atomic mass is 10.1. The molecule has 0 saturated heterocycles. The Labute approximate surface area is 131 Å². The van der Waals surface area contributed by atoms with Crippen LogP contribution in [0.25, 0.3) is 10.9 Å². The SMILES string of the molecule is O=Cc1cc2ccccc2nc1C#Cc1cccc([N+](=O)[O-])c1. The summed E-state index contributed by atoms with van der Waals surface area (Å²) >= 11 is 0. The zero-order valence-electron chi connectivity index (χ0n) is 11.9. The van der Waals surface area contributed by atoms with Crippen molar-refractivity contribution in [2.24, 2.45) is 0 Å². The molecule has 0 spiro atoms. The van der Waals surface area contributed by atoms with E-state index in [0.717, 1.165) is 10.9 Å². The second kappa shape index (κ2) is 6.08. The number of benzene rings is 2. The minimum Gasteiger partial charge on any atom is -0.298 e. The zero-order chi connectivity index (χ0) is 16.2. The maximum Gasteiger partial charge on any atom is 0.270 e. The number of carbonyl (C=O) groups excluding carboxylic acids is 1. The summed E-state index contributed by atoms with van der Waals surface area (Å²) in [6, 6.07) is 15.2. The van der Waals surface area contributed by atoms with Crippen molar-refractivity contribution >= 4 is 22.9 Å². The van der Waals surface area contributed by atoms with Crippen LogP contribution in [0.2, 0.25) is 0 Å². The first-order valence-electron chi connectivity index (χ1n) is 6.79. The van der Waals surface area contributed by atoms with Crippen molar-refractivity contribution in [1.82, 2.24) is 4.98 Å². The first-order valence-corrected chi connectivity index (χ1v) is 6.79. The Morgan fingerprint density at radius 3 is 2.65 bits per heavy atom. The third-order valence-corrected chi connectivity index (χ3v) is 3.26. The fourth-order valence-electron chi connectivity index (χ4n) is 2.15. The normalized spacial score (nSPS) is 9.91. The van der Waals surface area contributed by atoms with Gasteiger partial charge >= 0.3 is 0 Å². The molecule has 5 heteroatoms. The van der Waals surface area contributed by atoms with Gasteiger partial charge in [-0.25, -0.2) is 4.98 Å². The molecule has 0 atom stereocenters. The average Bonchev–Trinajstić information content (AvgIpc) is 2.59. The Kier molecular flexibility index (Phi) is 3.81. The number of fused-ring (bicyclic) bond motifs is 1. The fraction of sp³-hybridized carbons (Fsp3) is 0. The number of hydrogen-bond acceptors (Lipinski definition) is 4. The number of pyridine rings is 1. The quantitative estimate of drug-likeness (QED) is 0.315. The van der Waals surface area contributed by atoms with Crippen molar-refractivity contribution in [3.8, 4) is 11.8 Å². The monoisotopic (exact) mass is 302 g/mol. The maximum absolute atomic E-state index is 11.2. The van der Waals surface area contributed by atoms with Gasteiger partial charge in [0.2, 0.25) is 0 Å². The van der Waals surface area contributed by atoms with Crippen molar-refractivity contribution in [3.05, 3.63) is 81.5 Å². The van der Waals surface area contributed by atoms with E-state index in [1.54, 1.807) is 18.2 Å². The molecule has 5 nitrogen and oxygen atoms in total. The molecule has 0 aliphatic rings. The number of nitro groups is 1. The third-order valence-electron chi connectivity index (χ3n) is 3.26. The van der Waals surface area contributed by atoms with Crippen molar-refractivity contribution in [2.75, 3.05) is 0 Å². The minimum absolute atomic E-state index is 0.0288. The molecule has 3 rings (SSSR count). The van der Waals surface area contributed by atoms with Crippen molar-refractivity contribution in [2.45, 2.75) is 0 Å². The van der Waals surface area contributed by atoms with Gasteiger partial charge in [-0.15, -0.1) is 0 Å². The largest absolute Gasteiger partial charge is 0.298 e. The number of para-hydroxylation sites is 1. The summed E-state index contributed by atoms with van der Waals surface area (Å²) < 4.78 is 0. The Morgan fingerprint density at radius 1 is 1.04 bits per heavy atom. The van der Waals surface area contributed by atoms with Crippen LogP contribution in [0, 0.1) is 22.0 Å². The van der Waals surface area contributed by atoms with E-state index in [1.165, 1.54) is 12.1 Å². The third kappa shape index (κ3) is 3.06. The fourth-order valence-corrected chi connectivity index (χ4v) is 2.15. The summed E-state index contributed by atoms with van der Waals surface area (Å²) in [5.41, 5.74) is 1.94. The Balaban J connectivity index is 2.06. The number of carbonyl (C=O) groups is 1. The minimum atomic E-state index is -0.476. The Bertz CT molecular complexity index is 984. The van der Waals surface area contributed by atoms with E-state index in [0.29, 0.717) is 23.1 Å². The highest BCUT2D eigenvalue weighted by Crippen LogP contribution is 2.16. The van der Waals surface area contributed by atoms with Gasteiger partial charge in [0.15, 0.2) is 6.29 Å². The molecule has 0 fully saturated rings. The van der Waals surface area contributed by atoms with Crippen LogP contribution in [-0.4, -0.2) is 16.2 Å². The number of hydrogen-bond donors (Lipinski definition) is 0. The highest BCUT2D eigenvalue weighted by atomic mass is 16.6. The lowest BCUT2D eigenvalue weighted by molar-refractivity contribution is -0.384. The van der Waals surface area contributed by atoms with Crippen LogP contribution >= 0.6 is 0 Å². The van der Waals surface area contributed by atoms with Crippen LogP contribution < -0.4 is 0 Å². The summed E-state index contributed by atoms with van der Waals surface area (Å²) in [6.07, 6.45) is 0.705. The van der Waals surface area contributed by atoms with Gasteiger partial charge in [0.25, 0.3) is 5.69 Å². The molecular formula is C18H10N2O3. The number of nitrogens with zero attached hydrogens (tertiary/aromatic N) is 2. The predicted octanol–water partition coefficient (Wildman–Crippen LogP) is 3.36. The first kappa shape index (κ1) is 14.4. The van der Waals surface area contributed by atoms with Crippen LogP contribution in [-0.2, 0) is 0 Å². The van der Waals surface area contributed by atoms with Crippen molar-refractivity contribution in [3.63, 3.8) is 0 Å². The van der Waals surface area contributed by atoms with Crippen LogP contribution in [0.4, 0.5) is 5.69 Å². The molecule has 110 valence electrons. The molecule has 0 N–H and O–H groups in total. The van der Waals surface area contributed by atoms with Gasteiger partial charge in [0.1, 0.15) is 5.69 Å². The standard InChI is InChI=1S/C18H10N2O3/c21-12-15-11-14-5-1-2-7-17(14)19-18(15)9-8-13-4-3-6-16(10-13)20(22)23/h1-7,10-12H. The molecule has 0 radical (unpaired) electrons. The smallest absolute Gasteiger partial charge is 0.270 e. The molecule has 0 aliphatic heterocycles. The lowest BCUT2D eigenvalue weighted by Gasteiger charge is -2.00. The first-order chi connectivity index (χ1) is 11.2. The molecule has 0 unspecified atom stereocenters. The molecule has 0 saturated carbocycles. The van der Waals surface area contributed by atoms with E-state index in [2.05, 4.69) is 16.8 Å². The van der Waals surface area contributed by atoms with Crippen LogP contribution in [0.1, 0.15) is 21.6 Å². The van der Waals surface area contributed by atoms with Gasteiger partial charge in [-0.1, -0.05) is 30.2 Å². The number of nitro benzene ring substituents is 1. The lowest BCUT2D eigenvalue weighted by Crippen LogP contribution is -1.93. The Morgan fingerprint density at radius 2 is 1.87 bits per heavy atom. The summed E-state index contributed by atoms with van der Waals surface area (Å²) in [5, 5.41) is 11.6. The van der Waals surface area contributed by atoms with E-state index in [9.17, 15) is 14.9 Å². The summed E-state index contributed by atoms with van der Waals surface area (Å²) in [6.45, 7) is 0. The highest BCUT2D eigenvalue weighted by molar-refractivity contribution is 5.88. The van der Waals surface area contributed by atoms with E-state index in [-0.39, 0.29) is 5.69 Å². The average molecular weight is 302 g/mol. The second-order valence-electron chi connectivity index (χ2n) is 4.79. The predicted molar refractivity (Wildman–Crippen MR) is 86.2 cm³/mol. The number of aldehydes is 1. The number of rotatable bonds is 2. The van der Waals surface area contributed by atoms with Gasteiger partial charge in [0.05, 0.1) is 10.4 Å². The molecular weight excluding hydrogens is 292 g/mol. The van der Waals surface area contributed by atoms with Crippen LogP contribution in [0.15, 0.2) is 54.6 Å². The zero-order valence-corrected chi connectivity index (χ0v) is 11.9. The molecule has 1 aromatic heterocycles. The Hall–Kier alpha value is -3.52. The summed E-state index contributed by atoms with van der Waals surface area (Å²) in [7, 11) is 0. The number of non-ortho nitro benzene ring substituents is 1. The van der Waals surface area contributed by atoms with Gasteiger partial charge in [-0.2, -0.15) is 0 Å². The molecule has 0 amide bonds. The topological polar surface area (TPSA) is 73.1 Å². The second-order valence-corrected chi connectivity index (χ2v) is 4.79. The molecule has 2 aromatic carbocycles. The molecule has 23 heavy (non-hydrogen) atoms. The van der Waals surface area contributed by atoms with E-state index in [1.807, 2.05) is 24.3 Å². The molecule has 3 aromatic rings. The van der Waals surface area contributed by atoms with E-state index < -0.39 is 4.92 Å². The van der Waals surface area contributed by atoms with Crippen LogP contribution in [0.3, 0.4) is 0 Å². The van der Waals surface area contributed by atoms with Gasteiger partial charge < -0.3 is 0 Å². The highest BCUT2D eigenvalue weighted by Gasteiger charge is 2.05. The molecule has 1 heterocycles. The summed E-state index contributed by atoms with van der Waals surface area (Å²) in [5.74, 6) is 5.64. The number of aromatic nitrogens is 1. The molecule has 0 bridgehead atoms. The van der Waals surface area contributed by atoms with Gasteiger partial charge in [-0.05, 0) is 24.1 Å². The van der Waals surface area contributed by atoms with Crippen molar-refractivity contribution in [1.29, 1.82) is 0 Å².